The Labute approximate surface area is 255 Å². The van der Waals surface area contributed by atoms with Crippen molar-refractivity contribution in [2.45, 2.75) is 38.0 Å². The number of hydrogen-bond donors (Lipinski definition) is 0. The fourth-order valence-corrected chi connectivity index (χ4v) is 6.54. The van der Waals surface area contributed by atoms with Crippen molar-refractivity contribution in [1.29, 1.82) is 0 Å². The third-order valence-electron chi connectivity index (χ3n) is 8.46. The van der Waals surface area contributed by atoms with E-state index in [1.54, 1.807) is 12.1 Å². The molecule has 0 atom stereocenters. The van der Waals surface area contributed by atoms with Crippen LogP contribution in [0.1, 0.15) is 31.4 Å². The summed E-state index contributed by atoms with van der Waals surface area (Å²) in [5.74, 6) is -15.7. The highest BCUT2D eigenvalue weighted by molar-refractivity contribution is 6.14. The van der Waals surface area contributed by atoms with Crippen molar-refractivity contribution in [2.75, 3.05) is 0 Å². The quantitative estimate of drug-likeness (QED) is 0.135. The molecule has 1 aromatic heterocycles. The van der Waals surface area contributed by atoms with Crippen LogP contribution in [0, 0.1) is 0 Å². The van der Waals surface area contributed by atoms with Crippen molar-refractivity contribution in [3.05, 3.63) is 126 Å². The second kappa shape index (κ2) is 10.1. The maximum Gasteiger partial charge on any atom is 0.380 e. The van der Waals surface area contributed by atoms with Crippen molar-refractivity contribution in [2.24, 2.45) is 0 Å². The Bertz CT molecular complexity index is 2250. The molecule has 0 aliphatic heterocycles. The molecule has 0 radical (unpaired) electrons. The molecule has 0 fully saturated rings. The first kappa shape index (κ1) is 29.0. The van der Waals surface area contributed by atoms with Gasteiger partial charge in [0.15, 0.2) is 0 Å². The van der Waals surface area contributed by atoms with Crippen molar-refractivity contribution < 1.29 is 26.3 Å². The average molecular weight is 612 g/mol. The molecule has 226 valence electrons. The number of nitrogens with zero attached hydrogens (tertiary/aromatic N) is 1. The Hall–Kier alpha value is -4.78. The van der Waals surface area contributed by atoms with Gasteiger partial charge < -0.3 is 4.57 Å². The molecule has 45 heavy (non-hydrogen) atoms. The minimum absolute atomic E-state index is 0.196. The van der Waals surface area contributed by atoms with Gasteiger partial charge in [-0.05, 0) is 63.0 Å². The number of para-hydroxylation sites is 1. The summed E-state index contributed by atoms with van der Waals surface area (Å²) < 4.78 is 91.8. The first-order valence-corrected chi connectivity index (χ1v) is 14.8. The number of fused-ring (bicyclic) bond motifs is 9. The minimum atomic E-state index is -5.57. The molecule has 0 saturated carbocycles. The summed E-state index contributed by atoms with van der Waals surface area (Å²) in [4.78, 5) is 0. The van der Waals surface area contributed by atoms with Gasteiger partial charge in [-0.15, -0.1) is 0 Å². The Balaban J connectivity index is 0.00000104. The molecule has 1 aliphatic carbocycles. The van der Waals surface area contributed by atoms with Crippen LogP contribution >= 0.6 is 0 Å². The van der Waals surface area contributed by atoms with Gasteiger partial charge >= 0.3 is 17.8 Å². The fraction of sp³-hybridized carbons (Fsp3) is 0.158. The third kappa shape index (κ3) is 3.95. The molecule has 0 saturated heterocycles. The lowest BCUT2D eigenvalue weighted by Crippen LogP contribution is -2.43. The van der Waals surface area contributed by atoms with E-state index in [9.17, 15) is 8.78 Å². The van der Waals surface area contributed by atoms with Gasteiger partial charge in [0.05, 0.1) is 11.0 Å². The standard InChI is InChI=1S/C35H19F6N.C3H8/c36-33(37)31-25-12-5-4-10-23(25)27-19-22(15-16-26(27)32(31)34(38,39)35(33,40)41)42-29-13-7-6-11-24(29)28-18-21(14-17-30(28)42)20-8-2-1-3-9-20;1-3-2/h1-19H;3H2,1-2H3. The van der Waals surface area contributed by atoms with Crippen molar-refractivity contribution in [3.63, 3.8) is 0 Å². The Morgan fingerprint density at radius 1 is 0.467 bits per heavy atom. The number of alkyl halides is 6. The minimum Gasteiger partial charge on any atom is -0.309 e. The molecule has 1 aliphatic rings. The smallest absolute Gasteiger partial charge is 0.309 e. The SMILES string of the molecule is CCC.FC1(F)c2c(c3ccc(-n4c5ccccc5c5cc(-c6ccccc6)ccc54)cc3c3ccccc23)C(F)(F)C1(F)F. The van der Waals surface area contributed by atoms with E-state index < -0.39 is 28.9 Å². The fourth-order valence-electron chi connectivity index (χ4n) is 6.54. The molecule has 0 amide bonds. The molecule has 7 heteroatoms. The number of hydrogen-bond acceptors (Lipinski definition) is 0. The van der Waals surface area contributed by atoms with E-state index in [0.717, 1.165) is 32.9 Å². The molecule has 0 spiro atoms. The molecular formula is C38H27F6N. The van der Waals surface area contributed by atoms with E-state index in [2.05, 4.69) is 19.9 Å². The van der Waals surface area contributed by atoms with Crippen LogP contribution in [0.5, 0.6) is 0 Å². The maximum atomic E-state index is 15.2. The van der Waals surface area contributed by atoms with Gasteiger partial charge in [0.2, 0.25) is 0 Å². The number of benzene rings is 6. The van der Waals surface area contributed by atoms with E-state index in [-0.39, 0.29) is 21.5 Å². The monoisotopic (exact) mass is 611 g/mol. The molecule has 0 N–H and O–H groups in total. The molecule has 7 aromatic rings. The topological polar surface area (TPSA) is 4.93 Å². The predicted octanol–water partition coefficient (Wildman–Crippen LogP) is 12.0. The zero-order valence-electron chi connectivity index (χ0n) is 24.4. The summed E-state index contributed by atoms with van der Waals surface area (Å²) in [6.45, 7) is 4.25. The number of halogens is 6. The maximum absolute atomic E-state index is 15.2. The summed E-state index contributed by atoms with van der Waals surface area (Å²) in [5.41, 5.74) is 1.75. The van der Waals surface area contributed by atoms with Crippen LogP contribution in [0.15, 0.2) is 115 Å². The molecule has 8 rings (SSSR count). The summed E-state index contributed by atoms with van der Waals surface area (Å²) >= 11 is 0. The predicted molar refractivity (Wildman–Crippen MR) is 170 cm³/mol. The van der Waals surface area contributed by atoms with E-state index >= 15 is 17.6 Å². The lowest BCUT2D eigenvalue weighted by atomic mass is 9.91. The van der Waals surface area contributed by atoms with Crippen LogP contribution in [0.4, 0.5) is 26.3 Å². The molecule has 1 heterocycles. The van der Waals surface area contributed by atoms with Crippen molar-refractivity contribution in [1.82, 2.24) is 4.57 Å². The first-order valence-electron chi connectivity index (χ1n) is 14.8. The zero-order valence-corrected chi connectivity index (χ0v) is 24.4. The van der Waals surface area contributed by atoms with Crippen LogP contribution in [-0.2, 0) is 11.8 Å². The highest BCUT2D eigenvalue weighted by atomic mass is 19.3. The highest BCUT2D eigenvalue weighted by Crippen LogP contribution is 2.65. The van der Waals surface area contributed by atoms with Gasteiger partial charge in [-0.25, -0.2) is 0 Å². The van der Waals surface area contributed by atoms with Crippen LogP contribution < -0.4 is 0 Å². The largest absolute Gasteiger partial charge is 0.380 e. The lowest BCUT2D eigenvalue weighted by Gasteiger charge is -2.23. The average Bonchev–Trinajstić information content (AvgIpc) is 3.43. The van der Waals surface area contributed by atoms with Gasteiger partial charge in [0, 0.05) is 27.6 Å². The highest BCUT2D eigenvalue weighted by Gasteiger charge is 2.79. The molecular weight excluding hydrogens is 584 g/mol. The zero-order chi connectivity index (χ0) is 31.7. The van der Waals surface area contributed by atoms with Gasteiger partial charge in [-0.3, -0.25) is 0 Å². The Morgan fingerprint density at radius 3 is 1.67 bits per heavy atom. The summed E-state index contributed by atoms with van der Waals surface area (Å²) in [6, 6.07) is 33.9. The normalized spacial score (nSPS) is 16.2. The second-order valence-corrected chi connectivity index (χ2v) is 11.4. The van der Waals surface area contributed by atoms with Gasteiger partial charge in [0.1, 0.15) is 0 Å². The van der Waals surface area contributed by atoms with Crippen molar-refractivity contribution >= 4 is 43.4 Å². The van der Waals surface area contributed by atoms with Crippen molar-refractivity contribution in [3.8, 4) is 16.8 Å². The van der Waals surface area contributed by atoms with Crippen LogP contribution in [0.3, 0.4) is 0 Å². The van der Waals surface area contributed by atoms with E-state index in [4.69, 9.17) is 0 Å². The van der Waals surface area contributed by atoms with Gasteiger partial charge in [-0.2, -0.15) is 26.3 Å². The van der Waals surface area contributed by atoms with Crippen LogP contribution in [-0.4, -0.2) is 10.5 Å². The second-order valence-electron chi connectivity index (χ2n) is 11.4. The van der Waals surface area contributed by atoms with E-state index in [0.29, 0.717) is 5.69 Å². The van der Waals surface area contributed by atoms with Crippen LogP contribution in [0.25, 0.3) is 60.2 Å². The van der Waals surface area contributed by atoms with E-state index in [1.807, 2.05) is 71.3 Å². The molecule has 6 aromatic carbocycles. The third-order valence-corrected chi connectivity index (χ3v) is 8.46. The summed E-state index contributed by atoms with van der Waals surface area (Å²) in [5, 5.41) is 1.71. The Morgan fingerprint density at radius 2 is 1.00 bits per heavy atom. The molecule has 0 unspecified atom stereocenters. The summed E-state index contributed by atoms with van der Waals surface area (Å²) in [7, 11) is 0. The van der Waals surface area contributed by atoms with E-state index in [1.165, 1.54) is 36.8 Å². The van der Waals surface area contributed by atoms with Gasteiger partial charge in [-0.1, -0.05) is 105 Å². The number of aromatic nitrogens is 1. The Kier molecular flexibility index (Phi) is 6.52. The lowest BCUT2D eigenvalue weighted by molar-refractivity contribution is -0.301. The molecule has 1 nitrogen and oxygen atoms in total. The molecule has 0 bridgehead atoms. The number of rotatable bonds is 2. The first-order chi connectivity index (χ1) is 21.5. The summed E-state index contributed by atoms with van der Waals surface area (Å²) in [6.07, 6.45) is 1.25. The van der Waals surface area contributed by atoms with Gasteiger partial charge in [0.25, 0.3) is 0 Å². The van der Waals surface area contributed by atoms with Crippen LogP contribution in [0.2, 0.25) is 0 Å².